The highest BCUT2D eigenvalue weighted by Gasteiger charge is 2.12. The van der Waals surface area contributed by atoms with E-state index in [0.29, 0.717) is 5.56 Å². The van der Waals surface area contributed by atoms with E-state index in [-0.39, 0.29) is 12.2 Å². The monoisotopic (exact) mass is 345 g/mol. The van der Waals surface area contributed by atoms with Crippen molar-refractivity contribution in [2.45, 2.75) is 6.10 Å². The van der Waals surface area contributed by atoms with E-state index in [0.717, 1.165) is 16.6 Å². The number of nitrogens with one attached hydrogen (secondary N) is 1. The van der Waals surface area contributed by atoms with Gasteiger partial charge in [-0.15, -0.1) is 0 Å². The average Bonchev–Trinajstić information content (AvgIpc) is 2.42. The smallest absolute Gasteiger partial charge is 0.194 e. The molecule has 0 saturated heterocycles. The summed E-state index contributed by atoms with van der Waals surface area (Å²) in [5.41, 5.74) is 0.713. The maximum atomic E-state index is 13.0. The molecule has 0 bridgehead atoms. The number of hydrogen-bond donors (Lipinski definition) is 2. The molecule has 0 aromatic heterocycles. The highest BCUT2D eigenvalue weighted by Crippen LogP contribution is 2.21. The summed E-state index contributed by atoms with van der Waals surface area (Å²) in [6.45, 7) is 0.0426. The number of anilines is 1. The maximum absolute atomic E-state index is 13.0. The molecule has 2 N–H and O–H groups in total. The molecule has 20 heavy (non-hydrogen) atoms. The Morgan fingerprint density at radius 2 is 1.75 bits per heavy atom. The van der Waals surface area contributed by atoms with E-state index in [1.807, 2.05) is 6.07 Å². The fourth-order valence-electron chi connectivity index (χ4n) is 1.70. The Balaban J connectivity index is 2.05. The zero-order chi connectivity index (χ0) is 14.7. The van der Waals surface area contributed by atoms with Crippen LogP contribution >= 0.6 is 15.9 Å². The van der Waals surface area contributed by atoms with Gasteiger partial charge in [0.2, 0.25) is 0 Å². The van der Waals surface area contributed by atoms with Crippen LogP contribution in [0.15, 0.2) is 40.9 Å². The van der Waals surface area contributed by atoms with Gasteiger partial charge in [-0.3, -0.25) is 0 Å². The second kappa shape index (κ2) is 6.28. The van der Waals surface area contributed by atoms with Crippen LogP contribution in [0.3, 0.4) is 0 Å². The number of rotatable bonds is 4. The fraction of sp³-hybridized carbons (Fsp3) is 0.143. The van der Waals surface area contributed by atoms with Crippen LogP contribution in [0.25, 0.3) is 0 Å². The van der Waals surface area contributed by atoms with Gasteiger partial charge in [0, 0.05) is 28.8 Å². The van der Waals surface area contributed by atoms with Crippen molar-refractivity contribution in [1.29, 1.82) is 0 Å². The Hall–Kier alpha value is -1.53. The molecule has 2 rings (SSSR count). The van der Waals surface area contributed by atoms with Crippen LogP contribution in [0.4, 0.5) is 18.9 Å². The van der Waals surface area contributed by atoms with E-state index >= 15 is 0 Å². The van der Waals surface area contributed by atoms with Crippen LogP contribution in [0.5, 0.6) is 0 Å². The molecule has 0 amide bonds. The molecule has 0 fully saturated rings. The first-order chi connectivity index (χ1) is 9.47. The summed E-state index contributed by atoms with van der Waals surface area (Å²) >= 11 is 3.28. The topological polar surface area (TPSA) is 32.3 Å². The van der Waals surface area contributed by atoms with Gasteiger partial charge in [-0.2, -0.15) is 0 Å². The van der Waals surface area contributed by atoms with Gasteiger partial charge < -0.3 is 10.4 Å². The van der Waals surface area contributed by atoms with Crippen molar-refractivity contribution in [1.82, 2.24) is 0 Å². The molecular formula is C14H11BrF3NO. The van der Waals surface area contributed by atoms with E-state index in [2.05, 4.69) is 21.2 Å². The predicted octanol–water partition coefficient (Wildman–Crippen LogP) is 4.01. The zero-order valence-electron chi connectivity index (χ0n) is 10.2. The van der Waals surface area contributed by atoms with E-state index < -0.39 is 23.6 Å². The molecule has 6 heteroatoms. The summed E-state index contributed by atoms with van der Waals surface area (Å²) in [5, 5.41) is 12.6. The minimum atomic E-state index is -1.51. The van der Waals surface area contributed by atoms with Crippen LogP contribution in [0, 0.1) is 17.5 Å². The first kappa shape index (κ1) is 14.9. The third-order valence-electron chi connectivity index (χ3n) is 2.72. The van der Waals surface area contributed by atoms with Gasteiger partial charge in [0.1, 0.15) is 0 Å². The summed E-state index contributed by atoms with van der Waals surface area (Å²) < 4.78 is 39.6. The van der Waals surface area contributed by atoms with Gasteiger partial charge in [-0.05, 0) is 17.7 Å². The van der Waals surface area contributed by atoms with Crippen LogP contribution in [-0.4, -0.2) is 11.7 Å². The first-order valence-electron chi connectivity index (χ1n) is 5.79. The zero-order valence-corrected chi connectivity index (χ0v) is 11.8. The van der Waals surface area contributed by atoms with Gasteiger partial charge in [0.25, 0.3) is 0 Å². The molecule has 1 atom stereocenters. The van der Waals surface area contributed by atoms with Crippen molar-refractivity contribution < 1.29 is 18.3 Å². The van der Waals surface area contributed by atoms with Crippen molar-refractivity contribution >= 4 is 21.6 Å². The maximum Gasteiger partial charge on any atom is 0.194 e. The molecule has 0 spiro atoms. The Morgan fingerprint density at radius 1 is 1.10 bits per heavy atom. The van der Waals surface area contributed by atoms with Crippen LogP contribution < -0.4 is 5.32 Å². The van der Waals surface area contributed by atoms with E-state index in [1.54, 1.807) is 18.2 Å². The summed E-state index contributed by atoms with van der Waals surface area (Å²) in [6, 6.07) is 8.72. The molecule has 0 heterocycles. The van der Waals surface area contributed by atoms with Crippen molar-refractivity contribution in [3.63, 3.8) is 0 Å². The summed E-state index contributed by atoms with van der Waals surface area (Å²) in [6.07, 6.45) is -0.858. The largest absolute Gasteiger partial charge is 0.387 e. The normalized spacial score (nSPS) is 12.2. The molecule has 0 aliphatic heterocycles. The standard InChI is InChI=1S/C14H11BrF3NO/c15-9-3-1-2-8(4-9)13(20)7-19-10-5-11(16)14(18)12(17)6-10/h1-6,13,19-20H,7H2. The molecule has 1 unspecified atom stereocenters. The average molecular weight is 346 g/mol. The van der Waals surface area contributed by atoms with E-state index in [1.165, 1.54) is 0 Å². The van der Waals surface area contributed by atoms with E-state index in [9.17, 15) is 18.3 Å². The number of hydrogen-bond acceptors (Lipinski definition) is 2. The lowest BCUT2D eigenvalue weighted by Gasteiger charge is -2.14. The Labute approximate surface area is 122 Å². The van der Waals surface area contributed by atoms with Crippen LogP contribution in [0.2, 0.25) is 0 Å². The molecule has 0 saturated carbocycles. The number of benzene rings is 2. The van der Waals surface area contributed by atoms with Crippen LogP contribution in [0.1, 0.15) is 11.7 Å². The Kier molecular flexibility index (Phi) is 4.67. The molecule has 0 aliphatic carbocycles. The highest BCUT2D eigenvalue weighted by molar-refractivity contribution is 9.10. The lowest BCUT2D eigenvalue weighted by molar-refractivity contribution is 0.191. The molecule has 2 aromatic carbocycles. The van der Waals surface area contributed by atoms with Gasteiger partial charge in [0.05, 0.1) is 6.10 Å². The molecule has 0 radical (unpaired) electrons. The van der Waals surface area contributed by atoms with Gasteiger partial charge in [-0.1, -0.05) is 28.1 Å². The van der Waals surface area contributed by atoms with Crippen molar-refractivity contribution in [2.75, 3.05) is 11.9 Å². The third kappa shape index (κ3) is 3.52. The van der Waals surface area contributed by atoms with E-state index in [4.69, 9.17) is 0 Å². The highest BCUT2D eigenvalue weighted by atomic mass is 79.9. The summed E-state index contributed by atoms with van der Waals surface area (Å²) in [4.78, 5) is 0. The molecule has 2 nitrogen and oxygen atoms in total. The molecular weight excluding hydrogens is 335 g/mol. The quantitative estimate of drug-likeness (QED) is 0.820. The number of halogens is 4. The lowest BCUT2D eigenvalue weighted by Crippen LogP contribution is -2.12. The van der Waals surface area contributed by atoms with Crippen molar-refractivity contribution in [3.8, 4) is 0 Å². The SMILES string of the molecule is OC(CNc1cc(F)c(F)c(F)c1)c1cccc(Br)c1. The molecule has 106 valence electrons. The van der Waals surface area contributed by atoms with Crippen molar-refractivity contribution in [3.05, 3.63) is 63.9 Å². The fourth-order valence-corrected chi connectivity index (χ4v) is 2.12. The number of aliphatic hydroxyl groups is 1. The predicted molar refractivity (Wildman–Crippen MR) is 73.9 cm³/mol. The van der Waals surface area contributed by atoms with Gasteiger partial charge >= 0.3 is 0 Å². The van der Waals surface area contributed by atoms with Crippen LogP contribution in [-0.2, 0) is 0 Å². The second-order valence-corrected chi connectivity index (χ2v) is 5.12. The molecule has 2 aromatic rings. The minimum Gasteiger partial charge on any atom is -0.387 e. The van der Waals surface area contributed by atoms with Gasteiger partial charge in [0.15, 0.2) is 17.5 Å². The summed E-state index contributed by atoms with van der Waals surface area (Å²) in [5.74, 6) is -4.06. The third-order valence-corrected chi connectivity index (χ3v) is 3.21. The number of aliphatic hydroxyl groups excluding tert-OH is 1. The summed E-state index contributed by atoms with van der Waals surface area (Å²) in [7, 11) is 0. The minimum absolute atomic E-state index is 0.0426. The Morgan fingerprint density at radius 3 is 2.35 bits per heavy atom. The first-order valence-corrected chi connectivity index (χ1v) is 6.58. The Bertz CT molecular complexity index is 598. The van der Waals surface area contributed by atoms with Crippen molar-refractivity contribution in [2.24, 2.45) is 0 Å². The van der Waals surface area contributed by atoms with Gasteiger partial charge in [-0.25, -0.2) is 13.2 Å². The lowest BCUT2D eigenvalue weighted by atomic mass is 10.1. The second-order valence-electron chi connectivity index (χ2n) is 4.21. The molecule has 0 aliphatic rings.